The first kappa shape index (κ1) is 24.1. The largest absolute Gasteiger partial charge is 0.444 e. The lowest BCUT2D eigenvalue weighted by Gasteiger charge is -2.38. The van der Waals surface area contributed by atoms with Crippen molar-refractivity contribution in [3.05, 3.63) is 35.9 Å². The van der Waals surface area contributed by atoms with E-state index in [1.54, 1.807) is 0 Å². The molecule has 0 spiro atoms. The average molecular weight is 442 g/mol. The third kappa shape index (κ3) is 5.62. The summed E-state index contributed by atoms with van der Waals surface area (Å²) in [6.45, 7) is 9.27. The van der Waals surface area contributed by atoms with Crippen LogP contribution in [0.1, 0.15) is 51.6 Å². The Bertz CT molecular complexity index is 824. The molecule has 0 radical (unpaired) electrons. The number of rotatable bonds is 6. The highest BCUT2D eigenvalue weighted by molar-refractivity contribution is 5.91. The summed E-state index contributed by atoms with van der Waals surface area (Å²) in [7, 11) is 0. The van der Waals surface area contributed by atoms with Crippen molar-refractivity contribution < 1.29 is 19.1 Å². The van der Waals surface area contributed by atoms with Crippen molar-refractivity contribution in [3.63, 3.8) is 0 Å². The van der Waals surface area contributed by atoms with Gasteiger partial charge < -0.3 is 14.8 Å². The van der Waals surface area contributed by atoms with Crippen LogP contribution in [0.2, 0.25) is 0 Å². The number of likely N-dealkylation sites (tertiary alicyclic amines) is 1. The summed E-state index contributed by atoms with van der Waals surface area (Å²) in [4.78, 5) is 30.3. The van der Waals surface area contributed by atoms with E-state index in [4.69, 9.17) is 15.9 Å². The Kier molecular flexibility index (Phi) is 7.81. The Labute approximate surface area is 191 Å². The molecule has 1 N–H and O–H groups in total. The van der Waals surface area contributed by atoms with Crippen molar-refractivity contribution in [2.45, 2.75) is 57.2 Å². The van der Waals surface area contributed by atoms with Crippen molar-refractivity contribution in [2.75, 3.05) is 39.4 Å². The number of hydrogen-bond donors (Lipinski definition) is 1. The van der Waals surface area contributed by atoms with Crippen LogP contribution in [0.4, 0.5) is 4.79 Å². The van der Waals surface area contributed by atoms with Gasteiger partial charge in [-0.15, -0.1) is 12.3 Å². The van der Waals surface area contributed by atoms with Crippen LogP contribution in [0.25, 0.3) is 0 Å². The highest BCUT2D eigenvalue weighted by Gasteiger charge is 2.50. The highest BCUT2D eigenvalue weighted by Crippen LogP contribution is 2.34. The van der Waals surface area contributed by atoms with E-state index in [-0.39, 0.29) is 18.4 Å². The maximum Gasteiger partial charge on any atom is 0.411 e. The minimum atomic E-state index is -1.08. The Balaban J connectivity index is 1.78. The van der Waals surface area contributed by atoms with Gasteiger partial charge in [0, 0.05) is 32.6 Å². The number of terminal acetylenes is 1. The van der Waals surface area contributed by atoms with Gasteiger partial charge >= 0.3 is 6.09 Å². The van der Waals surface area contributed by atoms with Gasteiger partial charge in [-0.3, -0.25) is 14.6 Å². The van der Waals surface area contributed by atoms with Gasteiger partial charge in [-0.2, -0.15) is 0 Å². The molecule has 0 aliphatic carbocycles. The molecular formula is C25H35N3O4. The monoisotopic (exact) mass is 441 g/mol. The van der Waals surface area contributed by atoms with Gasteiger partial charge in [0.25, 0.3) is 0 Å². The first-order chi connectivity index (χ1) is 15.3. The molecule has 0 saturated carbocycles. The molecule has 0 aromatic heterocycles. The molecule has 2 heterocycles. The quantitative estimate of drug-likeness (QED) is 0.688. The zero-order chi connectivity index (χ0) is 23.2. The fourth-order valence-corrected chi connectivity index (χ4v) is 4.51. The van der Waals surface area contributed by atoms with Crippen molar-refractivity contribution in [2.24, 2.45) is 0 Å². The predicted molar refractivity (Wildman–Crippen MR) is 123 cm³/mol. The SMILES string of the molecule is C#CCC1(C(=O)NCC(c2ccccc2)N2CCOCC2)CCCN1C(=O)OC(C)(C)C. The van der Waals surface area contributed by atoms with Gasteiger partial charge in [0.05, 0.1) is 19.3 Å². The lowest BCUT2D eigenvalue weighted by Crippen LogP contribution is -2.59. The maximum atomic E-state index is 13.6. The fourth-order valence-electron chi connectivity index (χ4n) is 4.51. The van der Waals surface area contributed by atoms with Gasteiger partial charge in [0.15, 0.2) is 0 Å². The molecule has 1 aromatic carbocycles. The van der Waals surface area contributed by atoms with Crippen LogP contribution in [0, 0.1) is 12.3 Å². The summed E-state index contributed by atoms with van der Waals surface area (Å²) >= 11 is 0. The summed E-state index contributed by atoms with van der Waals surface area (Å²) in [5, 5.41) is 3.13. The number of benzene rings is 1. The summed E-state index contributed by atoms with van der Waals surface area (Å²) in [5.74, 6) is 2.41. The molecule has 2 amide bonds. The third-order valence-electron chi connectivity index (χ3n) is 6.05. The molecule has 2 unspecified atom stereocenters. The third-order valence-corrected chi connectivity index (χ3v) is 6.05. The first-order valence-corrected chi connectivity index (χ1v) is 11.4. The molecule has 2 aliphatic heterocycles. The van der Waals surface area contributed by atoms with Gasteiger partial charge in [-0.05, 0) is 39.2 Å². The Morgan fingerprint density at radius 3 is 2.53 bits per heavy atom. The van der Waals surface area contributed by atoms with Gasteiger partial charge in [0.2, 0.25) is 5.91 Å². The van der Waals surface area contributed by atoms with E-state index in [0.717, 1.165) is 18.7 Å². The number of ether oxygens (including phenoxy) is 2. The van der Waals surface area contributed by atoms with Crippen LogP contribution in [0.15, 0.2) is 30.3 Å². The van der Waals surface area contributed by atoms with Gasteiger partial charge in [-0.25, -0.2) is 4.79 Å². The lowest BCUT2D eigenvalue weighted by atomic mass is 9.91. The Hall–Kier alpha value is -2.56. The second kappa shape index (κ2) is 10.4. The average Bonchev–Trinajstić information content (AvgIpc) is 3.19. The van der Waals surface area contributed by atoms with Crippen molar-refractivity contribution in [3.8, 4) is 12.3 Å². The predicted octanol–water partition coefficient (Wildman–Crippen LogP) is 2.97. The molecule has 2 atom stereocenters. The second-order valence-corrected chi connectivity index (χ2v) is 9.43. The van der Waals surface area contributed by atoms with Crippen LogP contribution in [-0.2, 0) is 14.3 Å². The van der Waals surface area contributed by atoms with Crippen molar-refractivity contribution in [1.82, 2.24) is 15.1 Å². The molecule has 7 heteroatoms. The number of hydrogen-bond acceptors (Lipinski definition) is 5. The normalized spacial score (nSPS) is 22.8. The Morgan fingerprint density at radius 1 is 1.22 bits per heavy atom. The summed E-state index contributed by atoms with van der Waals surface area (Å²) in [5.41, 5.74) is -0.591. The summed E-state index contributed by atoms with van der Waals surface area (Å²) < 4.78 is 11.1. The molecule has 0 bridgehead atoms. The standard InChI is InChI=1S/C25H35N3O4/c1-5-12-25(13-9-14-28(25)23(30)32-24(2,3)4)22(29)26-19-21(20-10-7-6-8-11-20)27-15-17-31-18-16-27/h1,6-8,10-11,21H,9,12-19H2,2-4H3,(H,26,29). The first-order valence-electron chi connectivity index (χ1n) is 11.4. The molecule has 1 aromatic rings. The van der Waals surface area contributed by atoms with E-state index >= 15 is 0 Å². The van der Waals surface area contributed by atoms with Crippen LogP contribution >= 0.6 is 0 Å². The highest BCUT2D eigenvalue weighted by atomic mass is 16.6. The van der Waals surface area contributed by atoms with E-state index in [0.29, 0.717) is 39.1 Å². The number of carbonyl (C=O) groups is 2. The van der Waals surface area contributed by atoms with Crippen molar-refractivity contribution in [1.29, 1.82) is 0 Å². The number of amides is 2. The minimum absolute atomic E-state index is 0.0170. The Morgan fingerprint density at radius 2 is 1.91 bits per heavy atom. The zero-order valence-corrected chi connectivity index (χ0v) is 19.4. The molecule has 2 aliphatic rings. The number of morpholine rings is 1. The van der Waals surface area contributed by atoms with Crippen LogP contribution in [0.3, 0.4) is 0 Å². The van der Waals surface area contributed by atoms with Crippen molar-refractivity contribution >= 4 is 12.0 Å². The summed E-state index contributed by atoms with van der Waals surface area (Å²) in [6.07, 6.45) is 6.55. The van der Waals surface area contributed by atoms with E-state index in [9.17, 15) is 9.59 Å². The number of nitrogens with zero attached hydrogens (tertiary/aromatic N) is 2. The van der Waals surface area contributed by atoms with E-state index < -0.39 is 17.2 Å². The fraction of sp³-hybridized carbons (Fsp3) is 0.600. The molecule has 32 heavy (non-hydrogen) atoms. The number of carbonyl (C=O) groups excluding carboxylic acids is 2. The maximum absolute atomic E-state index is 13.6. The molecule has 174 valence electrons. The smallest absolute Gasteiger partial charge is 0.411 e. The van der Waals surface area contributed by atoms with Crippen LogP contribution < -0.4 is 5.32 Å². The number of nitrogens with one attached hydrogen (secondary N) is 1. The van der Waals surface area contributed by atoms with E-state index in [1.807, 2.05) is 39.0 Å². The zero-order valence-electron chi connectivity index (χ0n) is 19.4. The molecule has 2 fully saturated rings. The lowest BCUT2D eigenvalue weighted by molar-refractivity contribution is -0.132. The molecular weight excluding hydrogens is 406 g/mol. The van der Waals surface area contributed by atoms with E-state index in [2.05, 4.69) is 28.3 Å². The van der Waals surface area contributed by atoms with Gasteiger partial charge in [-0.1, -0.05) is 30.3 Å². The summed E-state index contributed by atoms with van der Waals surface area (Å²) in [6, 6.07) is 10.2. The molecule has 3 rings (SSSR count). The second-order valence-electron chi connectivity index (χ2n) is 9.43. The topological polar surface area (TPSA) is 71.1 Å². The van der Waals surface area contributed by atoms with Crippen LogP contribution in [-0.4, -0.2) is 72.3 Å². The molecule has 2 saturated heterocycles. The molecule has 7 nitrogen and oxygen atoms in total. The van der Waals surface area contributed by atoms with Gasteiger partial charge in [0.1, 0.15) is 11.1 Å². The van der Waals surface area contributed by atoms with E-state index in [1.165, 1.54) is 4.90 Å². The van der Waals surface area contributed by atoms with Crippen LogP contribution in [0.5, 0.6) is 0 Å². The minimum Gasteiger partial charge on any atom is -0.444 e.